The van der Waals surface area contributed by atoms with Crippen molar-refractivity contribution in [2.45, 2.75) is 71.5 Å². The Morgan fingerprint density at radius 1 is 1.20 bits per heavy atom. The molecule has 0 aliphatic heterocycles. The number of aliphatic hydroxyl groups excluding tert-OH is 1. The van der Waals surface area contributed by atoms with Gasteiger partial charge in [0.05, 0.1) is 5.92 Å². The Hall–Kier alpha value is -0.980. The summed E-state index contributed by atoms with van der Waals surface area (Å²) in [6, 6.07) is 0.0396. The first-order valence-electron chi connectivity index (χ1n) is 9.48. The van der Waals surface area contributed by atoms with Gasteiger partial charge in [-0.15, -0.1) is 0 Å². The predicted octanol–water partition coefficient (Wildman–Crippen LogP) is 3.71. The van der Waals surface area contributed by atoms with Crippen molar-refractivity contribution in [2.75, 3.05) is 19.7 Å². The van der Waals surface area contributed by atoms with Crippen LogP contribution in [0.5, 0.6) is 0 Å². The van der Waals surface area contributed by atoms with Crippen molar-refractivity contribution in [3.05, 3.63) is 0 Å². The molecule has 1 saturated carbocycles. The van der Waals surface area contributed by atoms with Gasteiger partial charge in [0, 0.05) is 25.7 Å². The number of rotatable bonds is 8. The Morgan fingerprint density at radius 3 is 2.32 bits per heavy atom. The zero-order chi connectivity index (χ0) is 18.9. The van der Waals surface area contributed by atoms with E-state index in [0.29, 0.717) is 43.7 Å². The zero-order valence-corrected chi connectivity index (χ0v) is 15.7. The summed E-state index contributed by atoms with van der Waals surface area (Å²) in [6.45, 7) is 7.74. The van der Waals surface area contributed by atoms with Crippen molar-refractivity contribution in [2.24, 2.45) is 22.7 Å². The fraction of sp³-hybridized carbons (Fsp3) is 0.944. The molecule has 1 unspecified atom stereocenters. The Balaban J connectivity index is 2.55. The summed E-state index contributed by atoms with van der Waals surface area (Å²) in [5, 5.41) is 15.7. The maximum atomic E-state index is 12.8. The van der Waals surface area contributed by atoms with Crippen LogP contribution in [-0.2, 0) is 0 Å². The van der Waals surface area contributed by atoms with E-state index in [1.807, 2.05) is 6.92 Å². The number of nitrogens with zero attached hydrogens (tertiary/aromatic N) is 1. The summed E-state index contributed by atoms with van der Waals surface area (Å²) in [5.41, 5.74) is 0. The molecule has 0 aromatic rings. The second-order valence-electron chi connectivity index (χ2n) is 7.46. The van der Waals surface area contributed by atoms with Gasteiger partial charge >= 0.3 is 6.18 Å². The van der Waals surface area contributed by atoms with Gasteiger partial charge in [-0.05, 0) is 57.3 Å². The molecule has 3 N–H and O–H groups in total. The number of nitrogens with one attached hydrogen (secondary N) is 2. The number of halogens is 3. The van der Waals surface area contributed by atoms with Crippen LogP contribution >= 0.6 is 0 Å². The average molecular weight is 365 g/mol. The summed E-state index contributed by atoms with van der Waals surface area (Å²) < 4.78 is 38.3. The minimum Gasteiger partial charge on any atom is -0.396 e. The molecular weight excluding hydrogens is 331 g/mol. The lowest BCUT2D eigenvalue weighted by atomic mass is 9.85. The lowest BCUT2D eigenvalue weighted by Crippen LogP contribution is -2.46. The molecule has 148 valence electrons. The highest BCUT2D eigenvalue weighted by Crippen LogP contribution is 2.37. The molecule has 0 spiro atoms. The Labute approximate surface area is 149 Å². The van der Waals surface area contributed by atoms with Crippen LogP contribution in [0.4, 0.5) is 13.2 Å². The van der Waals surface area contributed by atoms with E-state index in [1.54, 1.807) is 0 Å². The van der Waals surface area contributed by atoms with Gasteiger partial charge in [-0.25, -0.2) is 0 Å². The lowest BCUT2D eigenvalue weighted by molar-refractivity contribution is -0.182. The summed E-state index contributed by atoms with van der Waals surface area (Å²) in [6.07, 6.45) is -0.959. The topological polar surface area (TPSA) is 56.7 Å². The van der Waals surface area contributed by atoms with Gasteiger partial charge in [0.1, 0.15) is 0 Å². The van der Waals surface area contributed by atoms with Gasteiger partial charge in [0.15, 0.2) is 5.96 Å². The molecule has 1 fully saturated rings. The average Bonchev–Trinajstić information content (AvgIpc) is 2.52. The Kier molecular flexibility index (Phi) is 9.61. The molecule has 0 bridgehead atoms. The van der Waals surface area contributed by atoms with Gasteiger partial charge in [-0.2, -0.15) is 13.2 Å². The summed E-state index contributed by atoms with van der Waals surface area (Å²) in [7, 11) is 0. The largest absolute Gasteiger partial charge is 0.396 e. The van der Waals surface area contributed by atoms with Gasteiger partial charge in [-0.1, -0.05) is 13.8 Å². The molecule has 0 aromatic carbocycles. The normalized spacial score (nSPS) is 23.6. The number of alkyl halides is 3. The summed E-state index contributed by atoms with van der Waals surface area (Å²) in [4.78, 5) is 4.61. The highest BCUT2D eigenvalue weighted by atomic mass is 19.4. The Morgan fingerprint density at radius 2 is 1.84 bits per heavy atom. The van der Waals surface area contributed by atoms with Crippen LogP contribution in [0.1, 0.15) is 59.3 Å². The summed E-state index contributed by atoms with van der Waals surface area (Å²) >= 11 is 0. The molecule has 1 aliphatic carbocycles. The van der Waals surface area contributed by atoms with E-state index < -0.39 is 12.1 Å². The highest BCUT2D eigenvalue weighted by Gasteiger charge is 2.41. The van der Waals surface area contributed by atoms with Crippen molar-refractivity contribution >= 4 is 5.96 Å². The van der Waals surface area contributed by atoms with E-state index in [-0.39, 0.29) is 25.5 Å². The SMILES string of the molecule is CCNC(=NCC(CCO)CC(C)C)NC1CCC(C(F)(F)F)CC1. The van der Waals surface area contributed by atoms with Gasteiger partial charge in [-0.3, -0.25) is 4.99 Å². The van der Waals surface area contributed by atoms with E-state index >= 15 is 0 Å². The lowest BCUT2D eigenvalue weighted by Gasteiger charge is -2.31. The molecule has 0 amide bonds. The molecular formula is C18H34F3N3O. The van der Waals surface area contributed by atoms with E-state index in [9.17, 15) is 18.3 Å². The van der Waals surface area contributed by atoms with Gasteiger partial charge in [0.2, 0.25) is 0 Å². The molecule has 0 radical (unpaired) electrons. The number of hydrogen-bond acceptors (Lipinski definition) is 2. The molecule has 4 nitrogen and oxygen atoms in total. The maximum absolute atomic E-state index is 12.8. The third-order valence-electron chi connectivity index (χ3n) is 4.72. The zero-order valence-electron chi connectivity index (χ0n) is 15.7. The molecule has 1 atom stereocenters. The third-order valence-corrected chi connectivity index (χ3v) is 4.72. The van der Waals surface area contributed by atoms with Crippen molar-refractivity contribution in [3.8, 4) is 0 Å². The van der Waals surface area contributed by atoms with Crippen LogP contribution in [0.2, 0.25) is 0 Å². The standard InChI is InChI=1S/C18H34F3N3O/c1-4-22-17(23-12-14(9-10-25)11-13(2)3)24-16-7-5-15(6-8-16)18(19,20)21/h13-16,25H,4-12H2,1-3H3,(H2,22,23,24). The second kappa shape index (κ2) is 10.9. The molecule has 7 heteroatoms. The van der Waals surface area contributed by atoms with Crippen LogP contribution < -0.4 is 10.6 Å². The molecule has 25 heavy (non-hydrogen) atoms. The van der Waals surface area contributed by atoms with Crippen molar-refractivity contribution in [1.29, 1.82) is 0 Å². The first kappa shape index (κ1) is 22.1. The molecule has 0 heterocycles. The Bertz CT molecular complexity index is 392. The monoisotopic (exact) mass is 365 g/mol. The molecule has 1 rings (SSSR count). The molecule has 1 aliphatic rings. The quantitative estimate of drug-likeness (QED) is 0.454. The second-order valence-corrected chi connectivity index (χ2v) is 7.46. The smallest absolute Gasteiger partial charge is 0.391 e. The minimum absolute atomic E-state index is 0.0396. The van der Waals surface area contributed by atoms with Crippen molar-refractivity contribution < 1.29 is 18.3 Å². The van der Waals surface area contributed by atoms with E-state index in [0.717, 1.165) is 12.8 Å². The van der Waals surface area contributed by atoms with Crippen LogP contribution in [-0.4, -0.2) is 43.0 Å². The number of aliphatic imine (C=N–C) groups is 1. The number of aliphatic hydroxyl groups is 1. The maximum Gasteiger partial charge on any atom is 0.391 e. The van der Waals surface area contributed by atoms with E-state index in [1.165, 1.54) is 0 Å². The van der Waals surface area contributed by atoms with Crippen LogP contribution in [0, 0.1) is 17.8 Å². The van der Waals surface area contributed by atoms with Gasteiger partial charge in [0.25, 0.3) is 0 Å². The van der Waals surface area contributed by atoms with Crippen molar-refractivity contribution in [3.63, 3.8) is 0 Å². The van der Waals surface area contributed by atoms with Crippen LogP contribution in [0.15, 0.2) is 4.99 Å². The molecule has 0 aromatic heterocycles. The van der Waals surface area contributed by atoms with Gasteiger partial charge < -0.3 is 15.7 Å². The minimum atomic E-state index is -4.07. The molecule has 0 saturated heterocycles. The predicted molar refractivity (Wildman–Crippen MR) is 95.6 cm³/mol. The fourth-order valence-corrected chi connectivity index (χ4v) is 3.43. The first-order chi connectivity index (χ1) is 11.8. The summed E-state index contributed by atoms with van der Waals surface area (Å²) in [5.74, 6) is 0.371. The van der Waals surface area contributed by atoms with E-state index in [2.05, 4.69) is 29.5 Å². The van der Waals surface area contributed by atoms with Crippen LogP contribution in [0.3, 0.4) is 0 Å². The highest BCUT2D eigenvalue weighted by molar-refractivity contribution is 5.80. The van der Waals surface area contributed by atoms with Crippen LogP contribution in [0.25, 0.3) is 0 Å². The van der Waals surface area contributed by atoms with E-state index in [4.69, 9.17) is 0 Å². The number of guanidine groups is 1. The fourth-order valence-electron chi connectivity index (χ4n) is 3.43. The number of hydrogen-bond donors (Lipinski definition) is 3. The first-order valence-corrected chi connectivity index (χ1v) is 9.48. The van der Waals surface area contributed by atoms with Crippen molar-refractivity contribution in [1.82, 2.24) is 10.6 Å². The third kappa shape index (κ3) is 8.79.